The van der Waals surface area contributed by atoms with Crippen molar-refractivity contribution in [3.63, 3.8) is 0 Å². The molecule has 2 aliphatic rings. The SMILES string of the molecule is COC(=O)C1(NC(=O)c2ccc3c(c2)CCN3S(C)(=O)=O)CCCCC1. The minimum Gasteiger partial charge on any atom is -0.467 e. The lowest BCUT2D eigenvalue weighted by Gasteiger charge is -2.35. The number of nitrogens with zero attached hydrogens (tertiary/aromatic N) is 1. The Balaban J connectivity index is 1.83. The van der Waals surface area contributed by atoms with Crippen molar-refractivity contribution in [2.45, 2.75) is 44.1 Å². The maximum Gasteiger partial charge on any atom is 0.331 e. The number of nitrogens with one attached hydrogen (secondary N) is 1. The van der Waals surface area contributed by atoms with Crippen molar-refractivity contribution < 1.29 is 22.7 Å². The van der Waals surface area contributed by atoms with Gasteiger partial charge in [-0.2, -0.15) is 0 Å². The monoisotopic (exact) mass is 380 g/mol. The minimum absolute atomic E-state index is 0.335. The number of hydrogen-bond donors (Lipinski definition) is 1. The quantitative estimate of drug-likeness (QED) is 0.801. The van der Waals surface area contributed by atoms with Gasteiger partial charge in [-0.1, -0.05) is 19.3 Å². The molecule has 1 fully saturated rings. The topological polar surface area (TPSA) is 92.8 Å². The van der Waals surface area contributed by atoms with Crippen LogP contribution in [0.15, 0.2) is 18.2 Å². The van der Waals surface area contributed by atoms with Crippen molar-refractivity contribution in [3.05, 3.63) is 29.3 Å². The normalized spacial score (nSPS) is 18.9. The highest BCUT2D eigenvalue weighted by Crippen LogP contribution is 2.32. The molecule has 1 aliphatic heterocycles. The summed E-state index contributed by atoms with van der Waals surface area (Å²) >= 11 is 0. The number of rotatable bonds is 4. The molecule has 1 aromatic carbocycles. The van der Waals surface area contributed by atoms with Crippen LogP contribution in [0.5, 0.6) is 0 Å². The molecule has 7 nitrogen and oxygen atoms in total. The Hall–Kier alpha value is -2.09. The van der Waals surface area contributed by atoms with Crippen molar-refractivity contribution >= 4 is 27.6 Å². The number of ether oxygens (including phenoxy) is 1. The minimum atomic E-state index is -3.32. The molecule has 1 saturated carbocycles. The molecule has 1 amide bonds. The van der Waals surface area contributed by atoms with Gasteiger partial charge in [0, 0.05) is 12.1 Å². The number of anilines is 1. The van der Waals surface area contributed by atoms with Gasteiger partial charge in [-0.3, -0.25) is 9.10 Å². The molecule has 0 spiro atoms. The summed E-state index contributed by atoms with van der Waals surface area (Å²) in [5, 5.41) is 2.89. The highest BCUT2D eigenvalue weighted by atomic mass is 32.2. The van der Waals surface area contributed by atoms with E-state index in [1.807, 2.05) is 0 Å². The summed E-state index contributed by atoms with van der Waals surface area (Å²) in [7, 11) is -1.99. The lowest BCUT2D eigenvalue weighted by Crippen LogP contribution is -2.56. The van der Waals surface area contributed by atoms with E-state index in [-0.39, 0.29) is 5.91 Å². The lowest BCUT2D eigenvalue weighted by atomic mass is 9.81. The van der Waals surface area contributed by atoms with Crippen LogP contribution in [0.4, 0.5) is 5.69 Å². The zero-order chi connectivity index (χ0) is 18.9. The van der Waals surface area contributed by atoms with Crippen LogP contribution in [0.1, 0.15) is 48.0 Å². The summed E-state index contributed by atoms with van der Waals surface area (Å²) < 4.78 is 29.9. The molecule has 26 heavy (non-hydrogen) atoms. The van der Waals surface area contributed by atoms with Gasteiger partial charge in [-0.05, 0) is 43.0 Å². The zero-order valence-electron chi connectivity index (χ0n) is 15.1. The first-order valence-electron chi connectivity index (χ1n) is 8.78. The van der Waals surface area contributed by atoms with E-state index < -0.39 is 21.5 Å². The lowest BCUT2D eigenvalue weighted by molar-refractivity contribution is -0.149. The van der Waals surface area contributed by atoms with Crippen molar-refractivity contribution in [1.82, 2.24) is 5.32 Å². The molecule has 0 atom stereocenters. The fourth-order valence-corrected chi connectivity index (χ4v) is 4.84. The number of hydrogen-bond acceptors (Lipinski definition) is 5. The Morgan fingerprint density at radius 2 is 1.88 bits per heavy atom. The molecule has 1 N–H and O–H groups in total. The summed E-state index contributed by atoms with van der Waals surface area (Å²) in [5.41, 5.74) is 0.887. The van der Waals surface area contributed by atoms with E-state index >= 15 is 0 Å². The van der Waals surface area contributed by atoms with Gasteiger partial charge in [-0.25, -0.2) is 13.2 Å². The molecule has 142 valence electrons. The van der Waals surface area contributed by atoms with Crippen LogP contribution < -0.4 is 9.62 Å². The van der Waals surface area contributed by atoms with Crippen LogP contribution in [0.25, 0.3) is 0 Å². The third kappa shape index (κ3) is 3.42. The van der Waals surface area contributed by atoms with E-state index in [1.54, 1.807) is 18.2 Å². The molecular formula is C18H24N2O5S. The number of fused-ring (bicyclic) bond motifs is 1. The number of esters is 1. The largest absolute Gasteiger partial charge is 0.467 e. The Morgan fingerprint density at radius 3 is 2.50 bits per heavy atom. The molecule has 0 unspecified atom stereocenters. The fraction of sp³-hybridized carbons (Fsp3) is 0.556. The number of carbonyl (C=O) groups excluding carboxylic acids is 2. The van der Waals surface area contributed by atoms with Gasteiger partial charge in [0.15, 0.2) is 0 Å². The second kappa shape index (κ2) is 6.90. The fourth-order valence-electron chi connectivity index (χ4n) is 3.88. The smallest absolute Gasteiger partial charge is 0.331 e. The number of amides is 1. The highest BCUT2D eigenvalue weighted by Gasteiger charge is 2.42. The number of carbonyl (C=O) groups is 2. The molecule has 0 radical (unpaired) electrons. The molecule has 1 aromatic rings. The molecule has 1 heterocycles. The number of methoxy groups -OCH3 is 1. The van der Waals surface area contributed by atoms with E-state index in [9.17, 15) is 18.0 Å². The molecule has 0 aromatic heterocycles. The summed E-state index contributed by atoms with van der Waals surface area (Å²) in [5.74, 6) is -0.743. The Bertz CT molecular complexity index is 828. The summed E-state index contributed by atoms with van der Waals surface area (Å²) in [4.78, 5) is 25.1. The third-order valence-electron chi connectivity index (χ3n) is 5.23. The van der Waals surface area contributed by atoms with E-state index in [0.717, 1.165) is 24.8 Å². The number of sulfonamides is 1. The van der Waals surface area contributed by atoms with Gasteiger partial charge in [0.2, 0.25) is 10.0 Å². The first kappa shape index (κ1) is 18.7. The molecular weight excluding hydrogens is 356 g/mol. The molecule has 0 bridgehead atoms. The maximum absolute atomic E-state index is 12.8. The van der Waals surface area contributed by atoms with Gasteiger partial charge < -0.3 is 10.1 Å². The first-order valence-corrected chi connectivity index (χ1v) is 10.6. The Morgan fingerprint density at radius 1 is 1.19 bits per heavy atom. The Labute approximate surface area is 153 Å². The molecule has 8 heteroatoms. The third-order valence-corrected chi connectivity index (χ3v) is 6.41. The highest BCUT2D eigenvalue weighted by molar-refractivity contribution is 7.92. The van der Waals surface area contributed by atoms with Crippen LogP contribution in [0.2, 0.25) is 0 Å². The van der Waals surface area contributed by atoms with Crippen molar-refractivity contribution in [3.8, 4) is 0 Å². The van der Waals surface area contributed by atoms with E-state index in [0.29, 0.717) is 37.1 Å². The van der Waals surface area contributed by atoms with Crippen LogP contribution >= 0.6 is 0 Å². The van der Waals surface area contributed by atoms with Gasteiger partial charge in [0.05, 0.1) is 19.1 Å². The van der Waals surface area contributed by atoms with E-state index in [2.05, 4.69) is 5.32 Å². The van der Waals surface area contributed by atoms with Crippen molar-refractivity contribution in [1.29, 1.82) is 0 Å². The average Bonchev–Trinajstić information content (AvgIpc) is 3.05. The second-order valence-corrected chi connectivity index (χ2v) is 8.92. The van der Waals surface area contributed by atoms with Crippen LogP contribution in [0.3, 0.4) is 0 Å². The predicted molar refractivity (Wildman–Crippen MR) is 97.6 cm³/mol. The average molecular weight is 380 g/mol. The second-order valence-electron chi connectivity index (χ2n) is 7.02. The van der Waals surface area contributed by atoms with Crippen LogP contribution in [-0.4, -0.2) is 45.7 Å². The van der Waals surface area contributed by atoms with Gasteiger partial charge in [-0.15, -0.1) is 0 Å². The summed E-state index contributed by atoms with van der Waals surface area (Å²) in [6.07, 6.45) is 5.63. The Kier molecular flexibility index (Phi) is 4.96. The molecule has 1 aliphatic carbocycles. The molecule has 0 saturated heterocycles. The summed E-state index contributed by atoms with van der Waals surface area (Å²) in [6, 6.07) is 4.97. The van der Waals surface area contributed by atoms with Gasteiger partial charge in [0.1, 0.15) is 5.54 Å². The van der Waals surface area contributed by atoms with Crippen molar-refractivity contribution in [2.75, 3.05) is 24.2 Å². The first-order chi connectivity index (χ1) is 12.3. The van der Waals surface area contributed by atoms with Gasteiger partial charge >= 0.3 is 5.97 Å². The van der Waals surface area contributed by atoms with E-state index in [1.165, 1.54) is 17.7 Å². The zero-order valence-corrected chi connectivity index (χ0v) is 15.9. The number of benzene rings is 1. The van der Waals surface area contributed by atoms with E-state index in [4.69, 9.17) is 4.74 Å². The molecule has 3 rings (SSSR count). The van der Waals surface area contributed by atoms with Crippen LogP contribution in [0, 0.1) is 0 Å². The predicted octanol–water partition coefficient (Wildman–Crippen LogP) is 1.61. The maximum atomic E-state index is 12.8. The standard InChI is InChI=1S/C18H24N2O5S/c1-25-17(22)18(9-4-3-5-10-18)19-16(21)14-6-7-15-13(12-14)8-11-20(15)26(2,23)24/h6-7,12H,3-5,8-11H2,1-2H3,(H,19,21). The van der Waals surface area contributed by atoms with Crippen LogP contribution in [-0.2, 0) is 26.0 Å². The van der Waals surface area contributed by atoms with Gasteiger partial charge in [0.25, 0.3) is 5.91 Å². The van der Waals surface area contributed by atoms with Crippen molar-refractivity contribution in [2.24, 2.45) is 0 Å². The summed E-state index contributed by atoms with van der Waals surface area (Å²) in [6.45, 7) is 0.380.